The molecule has 0 atom stereocenters. The molecule has 6 nitrogen and oxygen atoms in total. The van der Waals surface area contributed by atoms with Gasteiger partial charge in [-0.3, -0.25) is 4.79 Å². The van der Waals surface area contributed by atoms with E-state index in [1.54, 1.807) is 13.4 Å². The van der Waals surface area contributed by atoms with Gasteiger partial charge in [0.25, 0.3) is 0 Å². The molecule has 0 fully saturated rings. The summed E-state index contributed by atoms with van der Waals surface area (Å²) >= 11 is 0. The van der Waals surface area contributed by atoms with E-state index in [4.69, 9.17) is 13.6 Å². The normalized spacial score (nSPS) is 11.1. The number of anilines is 1. The Bertz CT molecular complexity index is 1320. The van der Waals surface area contributed by atoms with Crippen LogP contribution in [0.3, 0.4) is 0 Å². The summed E-state index contributed by atoms with van der Waals surface area (Å²) in [6.07, 6.45) is 1.83. The molecule has 0 aliphatic rings. The van der Waals surface area contributed by atoms with Crippen LogP contribution in [0, 0.1) is 0 Å². The van der Waals surface area contributed by atoms with Gasteiger partial charge in [0, 0.05) is 28.3 Å². The minimum atomic E-state index is -0.122. The van der Waals surface area contributed by atoms with Crippen LogP contribution in [-0.4, -0.2) is 18.0 Å². The molecule has 2 heterocycles. The summed E-state index contributed by atoms with van der Waals surface area (Å²) in [5.74, 6) is 1.14. The second-order valence-corrected chi connectivity index (χ2v) is 6.91. The molecule has 148 valence electrons. The van der Waals surface area contributed by atoms with Crippen LogP contribution in [-0.2, 0) is 11.2 Å². The minimum absolute atomic E-state index is 0.122. The van der Waals surface area contributed by atoms with Crippen molar-refractivity contribution in [2.75, 3.05) is 12.4 Å². The van der Waals surface area contributed by atoms with E-state index in [0.717, 1.165) is 27.6 Å². The Hall–Kier alpha value is -4.06. The van der Waals surface area contributed by atoms with Crippen molar-refractivity contribution in [3.63, 3.8) is 0 Å². The maximum Gasteiger partial charge on any atom is 0.228 e. The zero-order valence-corrected chi connectivity index (χ0v) is 16.2. The minimum Gasteiger partial charge on any atom is -0.497 e. The zero-order chi connectivity index (χ0) is 20.5. The Labute approximate surface area is 172 Å². The maximum atomic E-state index is 12.5. The summed E-state index contributed by atoms with van der Waals surface area (Å²) in [6.45, 7) is 0. The van der Waals surface area contributed by atoms with Gasteiger partial charge in [0.05, 0.1) is 19.8 Å². The van der Waals surface area contributed by atoms with Crippen LogP contribution < -0.4 is 10.1 Å². The molecule has 2 aromatic heterocycles. The number of aromatic nitrogens is 1. The first-order valence-electron chi connectivity index (χ1n) is 9.49. The molecule has 0 saturated heterocycles. The van der Waals surface area contributed by atoms with Crippen molar-refractivity contribution in [3.8, 4) is 17.2 Å². The Morgan fingerprint density at radius 1 is 1.03 bits per heavy atom. The third kappa shape index (κ3) is 3.39. The molecule has 6 heteroatoms. The summed E-state index contributed by atoms with van der Waals surface area (Å²) < 4.78 is 16.5. The lowest BCUT2D eigenvalue weighted by atomic mass is 10.1. The van der Waals surface area contributed by atoms with Crippen LogP contribution in [0.25, 0.3) is 33.5 Å². The molecule has 1 N–H and O–H groups in total. The molecular weight excluding hydrogens is 380 g/mol. The number of oxazole rings is 1. The van der Waals surface area contributed by atoms with E-state index < -0.39 is 0 Å². The predicted octanol–water partition coefficient (Wildman–Crippen LogP) is 5.43. The number of methoxy groups -OCH3 is 1. The van der Waals surface area contributed by atoms with Crippen molar-refractivity contribution in [2.45, 2.75) is 6.42 Å². The van der Waals surface area contributed by atoms with Crippen molar-refractivity contribution in [2.24, 2.45) is 0 Å². The van der Waals surface area contributed by atoms with Crippen LogP contribution in [0.4, 0.5) is 5.69 Å². The van der Waals surface area contributed by atoms with Crippen molar-refractivity contribution in [3.05, 3.63) is 78.6 Å². The number of furan rings is 1. The van der Waals surface area contributed by atoms with Gasteiger partial charge >= 0.3 is 0 Å². The van der Waals surface area contributed by atoms with Gasteiger partial charge < -0.3 is 18.9 Å². The number of carbonyl (C=O) groups excluding carboxylic acids is 1. The van der Waals surface area contributed by atoms with Crippen LogP contribution >= 0.6 is 0 Å². The third-order valence-corrected chi connectivity index (χ3v) is 4.92. The molecule has 0 spiro atoms. The molecule has 0 unspecified atom stereocenters. The number of carbonyl (C=O) groups is 1. The smallest absolute Gasteiger partial charge is 0.228 e. The number of ether oxygens (including phenoxy) is 1. The number of benzene rings is 3. The maximum absolute atomic E-state index is 12.5. The van der Waals surface area contributed by atoms with Gasteiger partial charge in [0.2, 0.25) is 11.8 Å². The second kappa shape index (κ2) is 7.40. The van der Waals surface area contributed by atoms with E-state index in [0.29, 0.717) is 22.9 Å². The number of rotatable bonds is 5. The Morgan fingerprint density at radius 2 is 1.87 bits per heavy atom. The van der Waals surface area contributed by atoms with Crippen molar-refractivity contribution in [1.82, 2.24) is 4.98 Å². The van der Waals surface area contributed by atoms with Crippen molar-refractivity contribution >= 4 is 33.7 Å². The topological polar surface area (TPSA) is 77.5 Å². The highest BCUT2D eigenvalue weighted by atomic mass is 16.5. The largest absolute Gasteiger partial charge is 0.497 e. The average Bonchev–Trinajstić information content (AvgIpc) is 3.38. The first kappa shape index (κ1) is 18.0. The number of amides is 1. The Morgan fingerprint density at radius 3 is 2.67 bits per heavy atom. The number of hydrogen-bond donors (Lipinski definition) is 1. The Kier molecular flexibility index (Phi) is 4.44. The molecule has 1 amide bonds. The quantitative estimate of drug-likeness (QED) is 0.427. The van der Waals surface area contributed by atoms with E-state index in [1.807, 2.05) is 66.7 Å². The van der Waals surface area contributed by atoms with Crippen LogP contribution in [0.15, 0.2) is 81.8 Å². The Balaban J connectivity index is 1.29. The van der Waals surface area contributed by atoms with E-state index >= 15 is 0 Å². The summed E-state index contributed by atoms with van der Waals surface area (Å²) in [5.41, 5.74) is 4.63. The van der Waals surface area contributed by atoms with Crippen LogP contribution in [0.5, 0.6) is 5.75 Å². The zero-order valence-electron chi connectivity index (χ0n) is 16.2. The third-order valence-electron chi connectivity index (χ3n) is 4.92. The van der Waals surface area contributed by atoms with Crippen LogP contribution in [0.2, 0.25) is 0 Å². The highest BCUT2D eigenvalue weighted by Gasteiger charge is 2.12. The van der Waals surface area contributed by atoms with E-state index in [-0.39, 0.29) is 12.3 Å². The molecule has 0 aliphatic heterocycles. The standard InChI is InChI=1S/C24H18N2O4/c1-28-18-10-11-19-16(14-29-22(19)13-18)12-23(27)25-17-8-6-15(7-9-17)24-26-20-4-2-3-5-21(20)30-24/h2-11,13-14H,12H2,1H3,(H,25,27). The molecule has 0 radical (unpaired) electrons. The first-order chi connectivity index (χ1) is 14.7. The summed E-state index contributed by atoms with van der Waals surface area (Å²) in [7, 11) is 1.61. The summed E-state index contributed by atoms with van der Waals surface area (Å²) in [6, 6.07) is 20.6. The second-order valence-electron chi connectivity index (χ2n) is 6.91. The molecule has 0 bridgehead atoms. The average molecular weight is 398 g/mol. The highest BCUT2D eigenvalue weighted by Crippen LogP contribution is 2.27. The van der Waals surface area contributed by atoms with E-state index in [9.17, 15) is 4.79 Å². The lowest BCUT2D eigenvalue weighted by molar-refractivity contribution is -0.115. The molecule has 30 heavy (non-hydrogen) atoms. The van der Waals surface area contributed by atoms with Gasteiger partial charge in [0.1, 0.15) is 16.8 Å². The first-order valence-corrected chi connectivity index (χ1v) is 9.49. The van der Waals surface area contributed by atoms with Gasteiger partial charge in [-0.25, -0.2) is 4.98 Å². The highest BCUT2D eigenvalue weighted by molar-refractivity contribution is 5.95. The summed E-state index contributed by atoms with van der Waals surface area (Å²) in [4.78, 5) is 17.0. The molecule has 0 aliphatic carbocycles. The number of hydrogen-bond acceptors (Lipinski definition) is 5. The fourth-order valence-electron chi connectivity index (χ4n) is 3.40. The fraction of sp³-hybridized carbons (Fsp3) is 0.0833. The predicted molar refractivity (Wildman–Crippen MR) is 115 cm³/mol. The van der Waals surface area contributed by atoms with E-state index in [1.165, 1.54) is 0 Å². The van der Waals surface area contributed by atoms with Crippen molar-refractivity contribution < 1.29 is 18.4 Å². The van der Waals surface area contributed by atoms with Crippen molar-refractivity contribution in [1.29, 1.82) is 0 Å². The number of nitrogens with one attached hydrogen (secondary N) is 1. The van der Waals surface area contributed by atoms with Gasteiger partial charge in [-0.15, -0.1) is 0 Å². The number of para-hydroxylation sites is 2. The number of fused-ring (bicyclic) bond motifs is 2. The summed E-state index contributed by atoms with van der Waals surface area (Å²) in [5, 5.41) is 3.82. The van der Waals surface area contributed by atoms with Gasteiger partial charge in [-0.2, -0.15) is 0 Å². The molecular formula is C24H18N2O4. The number of nitrogens with zero attached hydrogens (tertiary/aromatic N) is 1. The monoisotopic (exact) mass is 398 g/mol. The van der Waals surface area contributed by atoms with Gasteiger partial charge in [-0.1, -0.05) is 12.1 Å². The lowest BCUT2D eigenvalue weighted by Crippen LogP contribution is -2.14. The molecule has 5 aromatic rings. The van der Waals surface area contributed by atoms with Crippen LogP contribution in [0.1, 0.15) is 5.56 Å². The molecule has 0 saturated carbocycles. The fourth-order valence-corrected chi connectivity index (χ4v) is 3.40. The lowest BCUT2D eigenvalue weighted by Gasteiger charge is -2.05. The SMILES string of the molecule is COc1ccc2c(CC(=O)Nc3ccc(-c4nc5ccccc5o4)cc3)coc2c1. The molecule has 5 rings (SSSR count). The van der Waals surface area contributed by atoms with E-state index in [2.05, 4.69) is 10.3 Å². The molecule has 3 aromatic carbocycles. The van der Waals surface area contributed by atoms with Gasteiger partial charge in [0.15, 0.2) is 5.58 Å². The van der Waals surface area contributed by atoms with Gasteiger partial charge in [-0.05, 0) is 48.5 Å².